The van der Waals surface area contributed by atoms with E-state index in [0.29, 0.717) is 54.0 Å². The highest BCUT2D eigenvalue weighted by Gasteiger charge is 2.18. The van der Waals surface area contributed by atoms with Gasteiger partial charge in [0.2, 0.25) is 0 Å². The van der Waals surface area contributed by atoms with Gasteiger partial charge in [-0.1, -0.05) is 29.8 Å². The number of nitrogens with zero attached hydrogens (tertiary/aromatic N) is 1. The second kappa shape index (κ2) is 10.5. The fraction of sp³-hybridized carbons (Fsp3) is 0.241. The predicted molar refractivity (Wildman–Crippen MR) is 150 cm³/mol. The molecule has 0 radical (unpaired) electrons. The fourth-order valence-electron chi connectivity index (χ4n) is 4.41. The second-order valence-corrected chi connectivity index (χ2v) is 9.55. The number of aromatic nitrogens is 1. The third-order valence-electron chi connectivity index (χ3n) is 6.39. The molecular formula is C29H29N3O4S. The summed E-state index contributed by atoms with van der Waals surface area (Å²) in [5, 5.41) is 4.79. The normalized spacial score (nSPS) is 12.3. The Balaban J connectivity index is 1.46. The van der Waals surface area contributed by atoms with E-state index < -0.39 is 0 Å². The molecule has 2 heterocycles. The lowest BCUT2D eigenvalue weighted by Gasteiger charge is -2.27. The number of hydrogen-bond donors (Lipinski definition) is 2. The van der Waals surface area contributed by atoms with Crippen LogP contribution in [0.1, 0.15) is 22.3 Å². The zero-order valence-electron chi connectivity index (χ0n) is 21.1. The van der Waals surface area contributed by atoms with E-state index in [9.17, 15) is 4.79 Å². The van der Waals surface area contributed by atoms with E-state index in [1.165, 1.54) is 5.56 Å². The van der Waals surface area contributed by atoms with Crippen molar-refractivity contribution in [3.05, 3.63) is 93.3 Å². The summed E-state index contributed by atoms with van der Waals surface area (Å²) in [5.41, 5.74) is 5.40. The Kier molecular flexibility index (Phi) is 7.01. The van der Waals surface area contributed by atoms with Crippen molar-refractivity contribution in [1.29, 1.82) is 0 Å². The fourth-order valence-corrected chi connectivity index (χ4v) is 4.65. The van der Waals surface area contributed by atoms with Gasteiger partial charge < -0.3 is 29.4 Å². The van der Waals surface area contributed by atoms with E-state index in [4.69, 9.17) is 26.4 Å². The van der Waals surface area contributed by atoms with E-state index >= 15 is 0 Å². The minimum absolute atomic E-state index is 0.168. The van der Waals surface area contributed by atoms with Crippen LogP contribution in [0.2, 0.25) is 0 Å². The summed E-state index contributed by atoms with van der Waals surface area (Å²) in [6.45, 7) is 5.94. The topological polar surface area (TPSA) is 75.8 Å². The van der Waals surface area contributed by atoms with Gasteiger partial charge >= 0.3 is 0 Å². The third-order valence-corrected chi connectivity index (χ3v) is 6.75. The molecule has 0 bridgehead atoms. The number of hydrogen-bond acceptors (Lipinski definition) is 5. The molecule has 0 saturated carbocycles. The van der Waals surface area contributed by atoms with Gasteiger partial charge in [-0.25, -0.2) is 0 Å². The van der Waals surface area contributed by atoms with Crippen LogP contribution in [0.5, 0.6) is 17.2 Å². The molecule has 37 heavy (non-hydrogen) atoms. The van der Waals surface area contributed by atoms with Crippen LogP contribution < -0.4 is 25.1 Å². The number of rotatable bonds is 6. The number of fused-ring (bicyclic) bond motifs is 2. The Morgan fingerprint density at radius 1 is 1.00 bits per heavy atom. The molecule has 3 aromatic carbocycles. The van der Waals surface area contributed by atoms with Crippen LogP contribution in [-0.4, -0.2) is 35.3 Å². The number of methoxy groups -OCH3 is 1. The average Bonchev–Trinajstić information content (AvgIpc) is 2.89. The van der Waals surface area contributed by atoms with Crippen LogP contribution in [0.3, 0.4) is 0 Å². The number of pyridine rings is 1. The van der Waals surface area contributed by atoms with E-state index in [1.807, 2.05) is 66.4 Å². The minimum Gasteiger partial charge on any atom is -0.497 e. The summed E-state index contributed by atoms with van der Waals surface area (Å²) in [6.07, 6.45) is 0. The summed E-state index contributed by atoms with van der Waals surface area (Å²) in [7, 11) is 1.64. The number of benzene rings is 3. The minimum atomic E-state index is -0.168. The number of aryl methyl sites for hydroxylation is 2. The first kappa shape index (κ1) is 24.6. The van der Waals surface area contributed by atoms with Crippen molar-refractivity contribution in [3.63, 3.8) is 0 Å². The molecule has 1 aliphatic heterocycles. The molecule has 7 nitrogen and oxygen atoms in total. The molecule has 8 heteroatoms. The summed E-state index contributed by atoms with van der Waals surface area (Å²) < 4.78 is 16.7. The molecule has 4 aromatic rings. The Morgan fingerprint density at radius 3 is 2.43 bits per heavy atom. The number of anilines is 1. The van der Waals surface area contributed by atoms with Crippen molar-refractivity contribution in [2.45, 2.75) is 26.9 Å². The molecule has 1 aliphatic rings. The van der Waals surface area contributed by atoms with Crippen molar-refractivity contribution < 1.29 is 14.2 Å². The van der Waals surface area contributed by atoms with Crippen molar-refractivity contribution in [2.24, 2.45) is 0 Å². The van der Waals surface area contributed by atoms with Crippen LogP contribution in [0.4, 0.5) is 5.69 Å². The molecule has 0 spiro atoms. The average molecular weight is 516 g/mol. The summed E-state index contributed by atoms with van der Waals surface area (Å²) in [6, 6.07) is 19.6. The largest absolute Gasteiger partial charge is 0.497 e. The smallest absolute Gasteiger partial charge is 0.253 e. The van der Waals surface area contributed by atoms with Crippen LogP contribution >= 0.6 is 12.2 Å². The number of thiocarbonyl (C=S) groups is 1. The third kappa shape index (κ3) is 5.54. The SMILES string of the molecule is COc1ccc(CN(Cc2cc3cc4c(cc3[nH]c2=O)OCCO4)C(=S)Nc2ccc(C)cc2C)cc1. The Morgan fingerprint density at radius 2 is 1.73 bits per heavy atom. The van der Waals surface area contributed by atoms with Crippen molar-refractivity contribution in [2.75, 3.05) is 25.6 Å². The Bertz CT molecular complexity index is 1510. The Labute approximate surface area is 221 Å². The molecule has 0 fully saturated rings. The standard InChI is InChI=1S/C29H29N3O4S/c1-18-4-9-24(19(2)12-18)31-29(37)32(16-20-5-7-23(34-3)8-6-20)17-22-13-21-14-26-27(36-11-10-35-26)15-25(21)30-28(22)33/h4-9,12-15H,10-11,16-17H2,1-3H3,(H,30,33)(H,31,37). The molecule has 2 N–H and O–H groups in total. The zero-order chi connectivity index (χ0) is 25.9. The van der Waals surface area contributed by atoms with Crippen LogP contribution in [0.15, 0.2) is 65.5 Å². The lowest BCUT2D eigenvalue weighted by molar-refractivity contribution is 0.172. The zero-order valence-corrected chi connectivity index (χ0v) is 21.9. The highest BCUT2D eigenvalue weighted by atomic mass is 32.1. The Hall–Kier alpha value is -4.04. The lowest BCUT2D eigenvalue weighted by Crippen LogP contribution is -2.35. The van der Waals surface area contributed by atoms with Gasteiger partial charge in [-0.2, -0.15) is 0 Å². The van der Waals surface area contributed by atoms with Gasteiger partial charge in [-0.05, 0) is 67.5 Å². The van der Waals surface area contributed by atoms with Crippen LogP contribution in [0, 0.1) is 13.8 Å². The summed E-state index contributed by atoms with van der Waals surface area (Å²) in [5.74, 6) is 2.10. The van der Waals surface area contributed by atoms with E-state index in [2.05, 4.69) is 23.3 Å². The molecule has 0 atom stereocenters. The van der Waals surface area contributed by atoms with E-state index in [-0.39, 0.29) is 5.56 Å². The molecule has 1 aromatic heterocycles. The van der Waals surface area contributed by atoms with Crippen molar-refractivity contribution >= 4 is 33.9 Å². The maximum absolute atomic E-state index is 13.1. The van der Waals surface area contributed by atoms with Gasteiger partial charge in [0.15, 0.2) is 16.6 Å². The van der Waals surface area contributed by atoms with Gasteiger partial charge in [-0.15, -0.1) is 0 Å². The highest BCUT2D eigenvalue weighted by Crippen LogP contribution is 2.33. The first-order valence-electron chi connectivity index (χ1n) is 12.1. The van der Waals surface area contributed by atoms with Crippen molar-refractivity contribution in [3.8, 4) is 17.2 Å². The maximum atomic E-state index is 13.1. The number of nitrogens with one attached hydrogen (secondary N) is 2. The summed E-state index contributed by atoms with van der Waals surface area (Å²) >= 11 is 5.86. The lowest BCUT2D eigenvalue weighted by atomic mass is 10.1. The van der Waals surface area contributed by atoms with Gasteiger partial charge in [-0.3, -0.25) is 4.79 Å². The van der Waals surface area contributed by atoms with Crippen molar-refractivity contribution in [1.82, 2.24) is 9.88 Å². The molecular weight excluding hydrogens is 486 g/mol. The van der Waals surface area contributed by atoms with Gasteiger partial charge in [0.25, 0.3) is 5.56 Å². The maximum Gasteiger partial charge on any atom is 0.253 e. The van der Waals surface area contributed by atoms with Gasteiger partial charge in [0.05, 0.1) is 19.2 Å². The molecule has 0 amide bonds. The predicted octanol–water partition coefficient (Wildman–Crippen LogP) is 5.32. The van der Waals surface area contributed by atoms with E-state index in [1.54, 1.807) is 7.11 Å². The van der Waals surface area contributed by atoms with Gasteiger partial charge in [0, 0.05) is 29.2 Å². The first-order chi connectivity index (χ1) is 17.9. The molecule has 0 unspecified atom stereocenters. The summed E-state index contributed by atoms with van der Waals surface area (Å²) in [4.78, 5) is 18.1. The van der Waals surface area contributed by atoms with Crippen LogP contribution in [0.25, 0.3) is 10.9 Å². The van der Waals surface area contributed by atoms with Gasteiger partial charge in [0.1, 0.15) is 19.0 Å². The first-order valence-corrected chi connectivity index (χ1v) is 12.5. The molecule has 5 rings (SSSR count). The molecule has 190 valence electrons. The molecule has 0 saturated heterocycles. The molecule has 0 aliphatic carbocycles. The van der Waals surface area contributed by atoms with Crippen LogP contribution in [-0.2, 0) is 13.1 Å². The number of aromatic amines is 1. The van der Waals surface area contributed by atoms with E-state index in [0.717, 1.165) is 28.0 Å². The highest BCUT2D eigenvalue weighted by molar-refractivity contribution is 7.80. The number of ether oxygens (including phenoxy) is 3. The second-order valence-electron chi connectivity index (χ2n) is 9.16. The monoisotopic (exact) mass is 515 g/mol. The number of H-pyrrole nitrogens is 1. The quantitative estimate of drug-likeness (QED) is 0.337.